The normalized spacial score (nSPS) is 11.9. The van der Waals surface area contributed by atoms with E-state index in [4.69, 9.17) is 0 Å². The Morgan fingerprint density at radius 3 is 2.35 bits per heavy atom. The summed E-state index contributed by atoms with van der Waals surface area (Å²) in [6.45, 7) is 1.76. The van der Waals surface area contributed by atoms with Crippen LogP contribution >= 0.6 is 0 Å². The van der Waals surface area contributed by atoms with Crippen molar-refractivity contribution in [2.24, 2.45) is 0 Å². The summed E-state index contributed by atoms with van der Waals surface area (Å²) in [5.41, 5.74) is -1.19. The van der Waals surface area contributed by atoms with E-state index < -0.39 is 29.1 Å². The second-order valence-electron chi connectivity index (χ2n) is 3.58. The summed E-state index contributed by atoms with van der Waals surface area (Å²) < 4.78 is 65.3. The topological polar surface area (TPSA) is 12.0 Å². The minimum Gasteiger partial charge on any atom is -0.254 e. The Labute approximate surface area is 95.6 Å². The Morgan fingerprint density at radius 1 is 1.12 bits per heavy atom. The number of hydrogen-bond donors (Lipinski definition) is 1. The van der Waals surface area contributed by atoms with E-state index in [0.717, 1.165) is 0 Å². The molecular formula is C11H12F5N. The number of unbranched alkanes of at least 4 members (excludes halogenated alkanes) is 1. The predicted molar refractivity (Wildman–Crippen MR) is 53.1 cm³/mol. The molecule has 0 aromatic heterocycles. The molecule has 0 spiro atoms. The summed E-state index contributed by atoms with van der Waals surface area (Å²) in [5, 5.41) is 1.80. The molecule has 0 aliphatic heterocycles. The number of rotatable bonds is 5. The second kappa shape index (κ2) is 5.44. The van der Waals surface area contributed by atoms with E-state index in [-0.39, 0.29) is 6.54 Å². The number of hydrogen-bond acceptors (Lipinski definition) is 1. The third-order valence-corrected chi connectivity index (χ3v) is 2.25. The standard InChI is InChI=1S/C11H12F5N/c1-2-3-6-17-11(15,16)7-4-5-8(12)10(14)9(7)13/h4-5,17H,2-3,6H2,1H3. The first kappa shape index (κ1) is 13.9. The number of halogens is 5. The van der Waals surface area contributed by atoms with Crippen molar-refractivity contribution in [2.45, 2.75) is 25.8 Å². The van der Waals surface area contributed by atoms with Crippen molar-refractivity contribution in [1.82, 2.24) is 5.32 Å². The molecule has 6 heteroatoms. The van der Waals surface area contributed by atoms with E-state index in [2.05, 4.69) is 0 Å². The Morgan fingerprint density at radius 2 is 1.76 bits per heavy atom. The minimum absolute atomic E-state index is 0.0397. The third-order valence-electron chi connectivity index (χ3n) is 2.25. The van der Waals surface area contributed by atoms with Gasteiger partial charge in [-0.2, -0.15) is 8.78 Å². The molecule has 1 rings (SSSR count). The fourth-order valence-corrected chi connectivity index (χ4v) is 1.29. The number of nitrogens with one attached hydrogen (secondary N) is 1. The highest BCUT2D eigenvalue weighted by atomic mass is 19.3. The first-order chi connectivity index (χ1) is 7.90. The SMILES string of the molecule is CCCCNC(F)(F)c1ccc(F)c(F)c1F. The van der Waals surface area contributed by atoms with Gasteiger partial charge in [0.2, 0.25) is 0 Å². The Bertz CT molecular complexity index is 392. The maximum atomic E-state index is 13.4. The summed E-state index contributed by atoms with van der Waals surface area (Å²) in [7, 11) is 0. The van der Waals surface area contributed by atoms with Gasteiger partial charge in [0.25, 0.3) is 0 Å². The van der Waals surface area contributed by atoms with Gasteiger partial charge < -0.3 is 0 Å². The molecule has 0 bridgehead atoms. The smallest absolute Gasteiger partial charge is 0.254 e. The van der Waals surface area contributed by atoms with Gasteiger partial charge in [-0.25, -0.2) is 13.2 Å². The molecule has 0 aliphatic carbocycles. The average Bonchev–Trinajstić information content (AvgIpc) is 2.26. The molecule has 0 aliphatic rings. The van der Waals surface area contributed by atoms with Gasteiger partial charge in [-0.1, -0.05) is 13.3 Å². The summed E-state index contributed by atoms with van der Waals surface area (Å²) in [4.78, 5) is 0. The third kappa shape index (κ3) is 3.15. The van der Waals surface area contributed by atoms with Gasteiger partial charge in [0, 0.05) is 6.54 Å². The molecule has 1 aromatic rings. The van der Waals surface area contributed by atoms with Crippen molar-refractivity contribution in [1.29, 1.82) is 0 Å². The summed E-state index contributed by atoms with van der Waals surface area (Å²) in [5.74, 6) is -5.24. The Hall–Kier alpha value is -1.17. The largest absolute Gasteiger partial charge is 0.332 e. The molecule has 0 radical (unpaired) electrons. The van der Waals surface area contributed by atoms with Gasteiger partial charge in [0.05, 0.1) is 5.56 Å². The molecule has 0 amide bonds. The van der Waals surface area contributed by atoms with Crippen molar-refractivity contribution in [3.05, 3.63) is 35.1 Å². The second-order valence-corrected chi connectivity index (χ2v) is 3.58. The zero-order valence-corrected chi connectivity index (χ0v) is 9.17. The lowest BCUT2D eigenvalue weighted by Crippen LogP contribution is -2.35. The molecule has 0 heterocycles. The summed E-state index contributed by atoms with van der Waals surface area (Å²) in [6.07, 6.45) is 1.16. The molecule has 0 fully saturated rings. The minimum atomic E-state index is -3.71. The zero-order valence-electron chi connectivity index (χ0n) is 9.17. The van der Waals surface area contributed by atoms with Crippen LogP contribution < -0.4 is 5.32 Å². The fraction of sp³-hybridized carbons (Fsp3) is 0.455. The fourth-order valence-electron chi connectivity index (χ4n) is 1.29. The zero-order chi connectivity index (χ0) is 13.1. The molecule has 0 saturated carbocycles. The van der Waals surface area contributed by atoms with Crippen LogP contribution in [0, 0.1) is 17.5 Å². The molecule has 0 saturated heterocycles. The summed E-state index contributed by atoms with van der Waals surface area (Å²) >= 11 is 0. The molecule has 0 atom stereocenters. The Kier molecular flexibility index (Phi) is 4.45. The maximum Gasteiger partial charge on any atom is 0.332 e. The van der Waals surface area contributed by atoms with Gasteiger partial charge in [-0.3, -0.25) is 5.32 Å². The quantitative estimate of drug-likeness (QED) is 0.366. The van der Waals surface area contributed by atoms with Crippen molar-refractivity contribution in [3.63, 3.8) is 0 Å². The average molecular weight is 253 g/mol. The Balaban J connectivity index is 2.94. The van der Waals surface area contributed by atoms with Crippen LogP contribution in [0.3, 0.4) is 0 Å². The lowest BCUT2D eigenvalue weighted by Gasteiger charge is -2.19. The highest BCUT2D eigenvalue weighted by molar-refractivity contribution is 5.24. The van der Waals surface area contributed by atoms with Crippen LogP contribution in [0.1, 0.15) is 25.3 Å². The molecule has 1 aromatic carbocycles. The molecular weight excluding hydrogens is 241 g/mol. The van der Waals surface area contributed by atoms with Crippen molar-refractivity contribution in [2.75, 3.05) is 6.54 Å². The highest BCUT2D eigenvalue weighted by Crippen LogP contribution is 2.29. The monoisotopic (exact) mass is 253 g/mol. The van der Waals surface area contributed by atoms with Crippen molar-refractivity contribution >= 4 is 0 Å². The number of benzene rings is 1. The van der Waals surface area contributed by atoms with E-state index in [1.807, 2.05) is 0 Å². The van der Waals surface area contributed by atoms with Gasteiger partial charge in [-0.15, -0.1) is 0 Å². The highest BCUT2D eigenvalue weighted by Gasteiger charge is 2.35. The maximum absolute atomic E-state index is 13.4. The molecule has 1 nitrogen and oxygen atoms in total. The lowest BCUT2D eigenvalue weighted by molar-refractivity contribution is -0.0448. The van der Waals surface area contributed by atoms with E-state index in [9.17, 15) is 22.0 Å². The number of alkyl halides is 2. The molecule has 0 unspecified atom stereocenters. The van der Waals surface area contributed by atoms with Crippen molar-refractivity contribution in [3.8, 4) is 0 Å². The van der Waals surface area contributed by atoms with Crippen LogP contribution in [0.2, 0.25) is 0 Å². The first-order valence-corrected chi connectivity index (χ1v) is 5.17. The van der Waals surface area contributed by atoms with E-state index in [1.54, 1.807) is 12.2 Å². The lowest BCUT2D eigenvalue weighted by atomic mass is 10.1. The van der Waals surface area contributed by atoms with Crippen LogP contribution in [-0.2, 0) is 6.05 Å². The van der Waals surface area contributed by atoms with Crippen LogP contribution in [0.5, 0.6) is 0 Å². The molecule has 17 heavy (non-hydrogen) atoms. The van der Waals surface area contributed by atoms with Crippen LogP contribution in [0.15, 0.2) is 12.1 Å². The molecule has 1 N–H and O–H groups in total. The van der Waals surface area contributed by atoms with E-state index >= 15 is 0 Å². The van der Waals surface area contributed by atoms with Gasteiger partial charge in [0.15, 0.2) is 17.5 Å². The first-order valence-electron chi connectivity index (χ1n) is 5.17. The van der Waals surface area contributed by atoms with Gasteiger partial charge in [-0.05, 0) is 18.6 Å². The van der Waals surface area contributed by atoms with Crippen LogP contribution in [0.4, 0.5) is 22.0 Å². The summed E-state index contributed by atoms with van der Waals surface area (Å²) in [6, 6.07) is -2.70. The predicted octanol–water partition coefficient (Wildman–Crippen LogP) is 3.54. The van der Waals surface area contributed by atoms with Crippen molar-refractivity contribution < 1.29 is 22.0 Å². The van der Waals surface area contributed by atoms with E-state index in [0.29, 0.717) is 25.0 Å². The van der Waals surface area contributed by atoms with E-state index in [1.165, 1.54) is 0 Å². The molecule has 96 valence electrons. The van der Waals surface area contributed by atoms with Crippen LogP contribution in [0.25, 0.3) is 0 Å². The van der Waals surface area contributed by atoms with Crippen LogP contribution in [-0.4, -0.2) is 6.54 Å². The van der Waals surface area contributed by atoms with Gasteiger partial charge >= 0.3 is 6.05 Å². The van der Waals surface area contributed by atoms with Gasteiger partial charge in [0.1, 0.15) is 0 Å².